The van der Waals surface area contributed by atoms with Crippen LogP contribution >= 0.6 is 0 Å². The van der Waals surface area contributed by atoms with E-state index in [2.05, 4.69) is 0 Å². The molecule has 0 bridgehead atoms. The molecule has 0 fully saturated rings. The van der Waals surface area contributed by atoms with Gasteiger partial charge in [0.2, 0.25) is 23.1 Å². The normalized spacial score (nSPS) is 15.5. The van der Waals surface area contributed by atoms with Gasteiger partial charge in [-0.3, -0.25) is 19.2 Å². The van der Waals surface area contributed by atoms with Crippen molar-refractivity contribution in [3.63, 3.8) is 0 Å². The summed E-state index contributed by atoms with van der Waals surface area (Å²) in [5.74, 6) is -5.85. The molecule has 0 spiro atoms. The van der Waals surface area contributed by atoms with Crippen molar-refractivity contribution in [3.05, 3.63) is 112 Å². The smallest absolute Gasteiger partial charge is 0.234 e. The highest BCUT2D eigenvalue weighted by Crippen LogP contribution is 2.45. The molecule has 0 aliphatic heterocycles. The predicted octanol–water partition coefficient (Wildman–Crippen LogP) is 4.25. The van der Waals surface area contributed by atoms with Crippen LogP contribution < -0.4 is 4.74 Å². The Morgan fingerprint density at radius 3 is 1.51 bits per heavy atom. The van der Waals surface area contributed by atoms with Crippen LogP contribution in [-0.2, 0) is 9.59 Å². The number of fused-ring (bicyclic) bond motifs is 2. The zero-order valence-corrected chi connectivity index (χ0v) is 18.4. The van der Waals surface area contributed by atoms with Crippen molar-refractivity contribution in [2.75, 3.05) is 7.11 Å². The number of Topliss-reactive ketones (excluding diaryl/α,β-unsaturated/α-hetero) is 4. The van der Waals surface area contributed by atoms with Crippen LogP contribution in [0.3, 0.4) is 0 Å². The molecule has 5 rings (SSSR count). The summed E-state index contributed by atoms with van der Waals surface area (Å²) < 4.78 is 5.28. The molecule has 0 amide bonds. The van der Waals surface area contributed by atoms with Gasteiger partial charge >= 0.3 is 0 Å². The third kappa shape index (κ3) is 3.28. The third-order valence-corrected chi connectivity index (χ3v) is 6.27. The van der Waals surface area contributed by atoms with E-state index in [-0.39, 0.29) is 27.8 Å². The Labute approximate surface area is 199 Å². The molecule has 3 aromatic rings. The number of benzene rings is 3. The molecule has 7 heteroatoms. The molecule has 172 valence electrons. The van der Waals surface area contributed by atoms with Crippen LogP contribution in [-0.4, -0.2) is 40.5 Å². The van der Waals surface area contributed by atoms with Crippen LogP contribution in [0, 0.1) is 0 Å². The Kier molecular flexibility index (Phi) is 5.17. The number of ketones is 4. The van der Waals surface area contributed by atoms with Crippen molar-refractivity contribution < 1.29 is 34.1 Å². The summed E-state index contributed by atoms with van der Waals surface area (Å²) in [5, 5.41) is 22.4. The average molecular weight is 466 g/mol. The first-order chi connectivity index (χ1) is 16.8. The summed E-state index contributed by atoms with van der Waals surface area (Å²) in [5.41, 5.74) is -0.234. The molecule has 0 aromatic heterocycles. The molecular formula is C28H18O7. The lowest BCUT2D eigenvalue weighted by Crippen LogP contribution is -2.33. The van der Waals surface area contributed by atoms with E-state index in [1.165, 1.54) is 37.4 Å². The van der Waals surface area contributed by atoms with Crippen LogP contribution in [0.25, 0.3) is 11.5 Å². The largest absolute Gasteiger partial charge is 0.507 e. The van der Waals surface area contributed by atoms with E-state index >= 15 is 0 Å². The molecule has 2 aliphatic rings. The second-order valence-corrected chi connectivity index (χ2v) is 8.14. The maximum absolute atomic E-state index is 13.4. The number of ether oxygens (including phenoxy) is 1. The maximum Gasteiger partial charge on any atom is 0.234 e. The van der Waals surface area contributed by atoms with E-state index in [1.54, 1.807) is 42.5 Å². The van der Waals surface area contributed by atoms with Crippen LogP contribution in [0.1, 0.15) is 43.3 Å². The summed E-state index contributed by atoms with van der Waals surface area (Å²) in [6.45, 7) is 0. The van der Waals surface area contributed by atoms with Crippen LogP contribution in [0.5, 0.6) is 5.75 Å². The van der Waals surface area contributed by atoms with Gasteiger partial charge in [0.25, 0.3) is 0 Å². The van der Waals surface area contributed by atoms with Gasteiger partial charge in [-0.05, 0) is 17.7 Å². The summed E-state index contributed by atoms with van der Waals surface area (Å²) >= 11 is 0. The van der Waals surface area contributed by atoms with Crippen molar-refractivity contribution in [1.82, 2.24) is 0 Å². The molecule has 0 radical (unpaired) electrons. The van der Waals surface area contributed by atoms with Crippen molar-refractivity contribution in [2.45, 2.75) is 5.92 Å². The number of carbonyl (C=O) groups excluding carboxylic acids is 4. The third-order valence-electron chi connectivity index (χ3n) is 6.27. The van der Waals surface area contributed by atoms with Gasteiger partial charge in [-0.1, -0.05) is 60.7 Å². The molecule has 0 unspecified atom stereocenters. The van der Waals surface area contributed by atoms with E-state index in [4.69, 9.17) is 4.74 Å². The van der Waals surface area contributed by atoms with Crippen molar-refractivity contribution >= 4 is 34.7 Å². The molecule has 0 atom stereocenters. The lowest BCUT2D eigenvalue weighted by molar-refractivity contribution is -0.112. The molecule has 7 nitrogen and oxygen atoms in total. The quantitative estimate of drug-likeness (QED) is 0.552. The first-order valence-electron chi connectivity index (χ1n) is 10.7. The van der Waals surface area contributed by atoms with Gasteiger partial charge in [0.15, 0.2) is 0 Å². The first-order valence-corrected chi connectivity index (χ1v) is 10.7. The predicted molar refractivity (Wildman–Crippen MR) is 126 cm³/mol. The number of carbonyl (C=O) groups is 4. The average Bonchev–Trinajstić information content (AvgIpc) is 2.89. The van der Waals surface area contributed by atoms with Crippen LogP contribution in [0.15, 0.2) is 83.9 Å². The molecule has 3 aromatic carbocycles. The summed E-state index contributed by atoms with van der Waals surface area (Å²) in [7, 11) is 1.43. The SMILES string of the molecule is COc1cccc(C(C2=C(O)c3ccccc3C(=O)C2=O)C2=C(O)c3ccccc3C(=O)C2=O)c1. The van der Waals surface area contributed by atoms with E-state index in [9.17, 15) is 29.4 Å². The van der Waals surface area contributed by atoms with E-state index in [0.29, 0.717) is 5.75 Å². The monoisotopic (exact) mass is 466 g/mol. The molecule has 0 saturated heterocycles. The molecule has 0 heterocycles. The van der Waals surface area contributed by atoms with Gasteiger partial charge in [-0.25, -0.2) is 0 Å². The first kappa shape index (κ1) is 22.0. The van der Waals surface area contributed by atoms with Crippen LogP contribution in [0.4, 0.5) is 0 Å². The second kappa shape index (κ2) is 8.22. The van der Waals surface area contributed by atoms with Gasteiger partial charge in [0.1, 0.15) is 17.3 Å². The lowest BCUT2D eigenvalue weighted by atomic mass is 9.72. The molecule has 35 heavy (non-hydrogen) atoms. The molecule has 2 N–H and O–H groups in total. The minimum absolute atomic E-state index is 0.0257. The molecular weight excluding hydrogens is 448 g/mol. The number of aliphatic hydroxyl groups excluding tert-OH is 2. The van der Waals surface area contributed by atoms with Gasteiger partial charge < -0.3 is 14.9 Å². The summed E-state index contributed by atoms with van der Waals surface area (Å²) in [6, 6.07) is 18.4. The summed E-state index contributed by atoms with van der Waals surface area (Å²) in [4.78, 5) is 52.7. The number of hydrogen-bond acceptors (Lipinski definition) is 7. The van der Waals surface area contributed by atoms with Crippen molar-refractivity contribution in [3.8, 4) is 5.75 Å². The Bertz CT molecular complexity index is 1430. The van der Waals surface area contributed by atoms with Crippen molar-refractivity contribution in [2.24, 2.45) is 0 Å². The molecule has 2 aliphatic carbocycles. The number of hydrogen-bond donors (Lipinski definition) is 2. The minimum Gasteiger partial charge on any atom is -0.507 e. The minimum atomic E-state index is -1.42. The van der Waals surface area contributed by atoms with Gasteiger partial charge in [-0.2, -0.15) is 0 Å². The number of methoxy groups -OCH3 is 1. The fourth-order valence-electron chi connectivity index (χ4n) is 4.60. The maximum atomic E-state index is 13.4. The fourth-order valence-corrected chi connectivity index (χ4v) is 4.60. The van der Waals surface area contributed by atoms with Gasteiger partial charge in [-0.15, -0.1) is 0 Å². The highest BCUT2D eigenvalue weighted by molar-refractivity contribution is 6.55. The highest BCUT2D eigenvalue weighted by atomic mass is 16.5. The van der Waals surface area contributed by atoms with E-state index in [1.807, 2.05) is 0 Å². The number of rotatable bonds is 4. The van der Waals surface area contributed by atoms with E-state index < -0.39 is 51.7 Å². The standard InChI is InChI=1S/C28H18O7/c1-35-15-8-6-7-14(13-15)20(21-23(29)16-9-2-4-11-18(16)25(31)27(21)33)22-24(30)17-10-3-5-12-19(17)26(32)28(22)34/h2-13,20,29-30H,1H3. The second-order valence-electron chi connectivity index (χ2n) is 8.14. The van der Waals surface area contributed by atoms with Crippen LogP contribution in [0.2, 0.25) is 0 Å². The Balaban J connectivity index is 1.86. The Morgan fingerprint density at radius 1 is 0.600 bits per heavy atom. The Hall–Kier alpha value is -4.78. The lowest BCUT2D eigenvalue weighted by Gasteiger charge is -2.29. The Morgan fingerprint density at radius 2 is 1.06 bits per heavy atom. The fraction of sp³-hybridized carbons (Fsp3) is 0.0714. The zero-order chi connectivity index (χ0) is 24.9. The highest BCUT2D eigenvalue weighted by Gasteiger charge is 2.45. The topological polar surface area (TPSA) is 118 Å². The number of allylic oxidation sites excluding steroid dienone is 2. The molecule has 0 saturated carbocycles. The zero-order valence-electron chi connectivity index (χ0n) is 18.4. The summed E-state index contributed by atoms with van der Waals surface area (Å²) in [6.07, 6.45) is 0. The van der Waals surface area contributed by atoms with E-state index in [0.717, 1.165) is 0 Å². The number of aliphatic hydroxyl groups is 2. The van der Waals surface area contributed by atoms with Gasteiger partial charge in [0, 0.05) is 28.2 Å². The van der Waals surface area contributed by atoms with Crippen molar-refractivity contribution in [1.29, 1.82) is 0 Å². The van der Waals surface area contributed by atoms with Gasteiger partial charge in [0.05, 0.1) is 18.3 Å².